The molecule has 1 rings (SSSR count). The van der Waals surface area contributed by atoms with Crippen LogP contribution >= 0.6 is 0 Å². The van der Waals surface area contributed by atoms with Crippen molar-refractivity contribution in [2.45, 2.75) is 32.8 Å². The molecule has 1 aromatic carbocycles. The normalized spacial score (nSPS) is 11.0. The van der Waals surface area contributed by atoms with E-state index in [2.05, 4.69) is 9.47 Å². The van der Waals surface area contributed by atoms with Crippen LogP contribution in [0.5, 0.6) is 11.5 Å². The van der Waals surface area contributed by atoms with Gasteiger partial charge in [-0.05, 0) is 38.8 Å². The summed E-state index contributed by atoms with van der Waals surface area (Å²) in [5, 5.41) is 10.1. The average Bonchev–Trinajstić information content (AvgIpc) is 2.50. The molecule has 0 spiro atoms. The van der Waals surface area contributed by atoms with Crippen LogP contribution in [0.15, 0.2) is 18.2 Å². The lowest BCUT2D eigenvalue weighted by molar-refractivity contribution is -0.158. The molecule has 0 bridgehead atoms. The van der Waals surface area contributed by atoms with Crippen molar-refractivity contribution in [1.82, 2.24) is 0 Å². The number of hydrogen-bond donors (Lipinski definition) is 1. The molecule has 0 aliphatic rings. The lowest BCUT2D eigenvalue weighted by Crippen LogP contribution is -2.28. The van der Waals surface area contributed by atoms with Gasteiger partial charge in [-0.15, -0.1) is 0 Å². The Morgan fingerprint density at radius 1 is 1.08 bits per heavy atom. The molecule has 1 aromatic rings. The molecule has 0 atom stereocenters. The molecule has 1 N–H and O–H groups in total. The Balaban J connectivity index is 2.89. The SMILES string of the molecule is COC(=O)C(Cc1ccc(OC(=O)OC(C)(C)C)cc1O)C(=O)OC. The molecule has 8 heteroatoms. The van der Waals surface area contributed by atoms with Crippen LogP contribution in [-0.2, 0) is 30.2 Å². The van der Waals surface area contributed by atoms with Gasteiger partial charge in [-0.3, -0.25) is 9.59 Å². The lowest BCUT2D eigenvalue weighted by atomic mass is 9.98. The second-order valence-electron chi connectivity index (χ2n) is 6.16. The van der Waals surface area contributed by atoms with Gasteiger partial charge >= 0.3 is 18.1 Å². The molecular formula is C17H22O8. The van der Waals surface area contributed by atoms with Gasteiger partial charge in [-0.25, -0.2) is 4.79 Å². The van der Waals surface area contributed by atoms with Gasteiger partial charge in [-0.2, -0.15) is 0 Å². The van der Waals surface area contributed by atoms with Crippen molar-refractivity contribution >= 4 is 18.1 Å². The van der Waals surface area contributed by atoms with E-state index in [-0.39, 0.29) is 23.5 Å². The Morgan fingerprint density at radius 3 is 2.08 bits per heavy atom. The zero-order valence-corrected chi connectivity index (χ0v) is 14.8. The average molecular weight is 354 g/mol. The van der Waals surface area contributed by atoms with E-state index < -0.39 is 29.6 Å². The molecule has 0 amide bonds. The third kappa shape index (κ3) is 6.33. The minimum Gasteiger partial charge on any atom is -0.508 e. The molecule has 138 valence electrons. The first kappa shape index (κ1) is 20.3. The largest absolute Gasteiger partial charge is 0.514 e. The fraction of sp³-hybridized carbons (Fsp3) is 0.471. The molecule has 8 nitrogen and oxygen atoms in total. The summed E-state index contributed by atoms with van der Waals surface area (Å²) in [5.41, 5.74) is -0.426. The van der Waals surface area contributed by atoms with Crippen LogP contribution in [0.2, 0.25) is 0 Å². The number of methoxy groups -OCH3 is 2. The predicted octanol–water partition coefficient (Wildman–Crippen LogP) is 2.21. The van der Waals surface area contributed by atoms with Crippen LogP contribution in [-0.4, -0.2) is 43.0 Å². The summed E-state index contributed by atoms with van der Waals surface area (Å²) in [4.78, 5) is 35.0. The summed E-state index contributed by atoms with van der Waals surface area (Å²) in [6, 6.07) is 4.02. The maximum atomic E-state index is 11.7. The lowest BCUT2D eigenvalue weighted by Gasteiger charge is -2.19. The Hall–Kier alpha value is -2.77. The first-order chi connectivity index (χ1) is 11.6. The smallest absolute Gasteiger partial charge is 0.508 e. The molecule has 0 aliphatic heterocycles. The molecule has 0 radical (unpaired) electrons. The van der Waals surface area contributed by atoms with Gasteiger partial charge in [0.25, 0.3) is 0 Å². The number of carbonyl (C=O) groups excluding carboxylic acids is 3. The van der Waals surface area contributed by atoms with Crippen LogP contribution in [0.25, 0.3) is 0 Å². The summed E-state index contributed by atoms with van der Waals surface area (Å²) >= 11 is 0. The number of hydrogen-bond acceptors (Lipinski definition) is 8. The van der Waals surface area contributed by atoms with Gasteiger partial charge in [0.2, 0.25) is 0 Å². The molecule has 25 heavy (non-hydrogen) atoms. The van der Waals surface area contributed by atoms with Crippen molar-refractivity contribution in [3.05, 3.63) is 23.8 Å². The van der Waals surface area contributed by atoms with E-state index >= 15 is 0 Å². The Morgan fingerprint density at radius 2 is 1.64 bits per heavy atom. The fourth-order valence-corrected chi connectivity index (χ4v) is 1.91. The number of phenols is 1. The number of carbonyl (C=O) groups is 3. The van der Waals surface area contributed by atoms with Gasteiger partial charge in [0.05, 0.1) is 14.2 Å². The first-order valence-corrected chi connectivity index (χ1v) is 7.45. The highest BCUT2D eigenvalue weighted by Gasteiger charge is 2.30. The van der Waals surface area contributed by atoms with Gasteiger partial charge in [0.1, 0.15) is 17.1 Å². The molecule has 0 unspecified atom stereocenters. The van der Waals surface area contributed by atoms with Crippen molar-refractivity contribution in [3.8, 4) is 11.5 Å². The number of aromatic hydroxyl groups is 1. The molecule has 0 aromatic heterocycles. The van der Waals surface area contributed by atoms with Crippen LogP contribution in [0.1, 0.15) is 26.3 Å². The third-order valence-electron chi connectivity index (χ3n) is 3.04. The highest BCUT2D eigenvalue weighted by Crippen LogP contribution is 2.27. The summed E-state index contributed by atoms with van der Waals surface area (Å²) in [5.74, 6) is -2.96. The van der Waals surface area contributed by atoms with Crippen LogP contribution in [0, 0.1) is 5.92 Å². The minimum atomic E-state index is -1.21. The highest BCUT2D eigenvalue weighted by atomic mass is 16.7. The first-order valence-electron chi connectivity index (χ1n) is 7.45. The highest BCUT2D eigenvalue weighted by molar-refractivity contribution is 5.95. The Labute approximate surface area is 145 Å². The standard InChI is InChI=1S/C17H22O8/c1-17(2,3)25-16(21)24-11-7-6-10(13(18)9-11)8-12(14(19)22-4)15(20)23-5/h6-7,9,12,18H,8H2,1-5H3. The fourth-order valence-electron chi connectivity index (χ4n) is 1.91. The van der Waals surface area contributed by atoms with E-state index in [1.807, 2.05) is 0 Å². The van der Waals surface area contributed by atoms with E-state index in [0.29, 0.717) is 0 Å². The monoisotopic (exact) mass is 354 g/mol. The molecule has 0 saturated carbocycles. The molecule has 0 heterocycles. The topological polar surface area (TPSA) is 108 Å². The molecule has 0 fully saturated rings. The Bertz CT molecular complexity index is 629. The zero-order valence-electron chi connectivity index (χ0n) is 14.8. The maximum absolute atomic E-state index is 11.7. The molecule has 0 saturated heterocycles. The van der Waals surface area contributed by atoms with E-state index in [9.17, 15) is 19.5 Å². The summed E-state index contributed by atoms with van der Waals surface area (Å²) in [6.45, 7) is 5.07. The molecular weight excluding hydrogens is 332 g/mol. The summed E-state index contributed by atoms with van der Waals surface area (Å²) in [7, 11) is 2.30. The number of esters is 2. The van der Waals surface area contributed by atoms with Crippen molar-refractivity contribution in [2.24, 2.45) is 5.92 Å². The summed E-state index contributed by atoms with van der Waals surface area (Å²) in [6.07, 6.45) is -1.04. The molecule has 0 aliphatic carbocycles. The number of ether oxygens (including phenoxy) is 4. The van der Waals surface area contributed by atoms with Crippen LogP contribution in [0.4, 0.5) is 4.79 Å². The van der Waals surface area contributed by atoms with Gasteiger partial charge in [0.15, 0.2) is 5.92 Å². The van der Waals surface area contributed by atoms with E-state index in [0.717, 1.165) is 14.2 Å². The summed E-state index contributed by atoms with van der Waals surface area (Å²) < 4.78 is 19.1. The quantitative estimate of drug-likeness (QED) is 0.371. The maximum Gasteiger partial charge on any atom is 0.514 e. The van der Waals surface area contributed by atoms with Gasteiger partial charge in [0, 0.05) is 6.07 Å². The van der Waals surface area contributed by atoms with Gasteiger partial charge < -0.3 is 24.1 Å². The predicted molar refractivity (Wildman–Crippen MR) is 86.2 cm³/mol. The number of phenolic OH excluding ortho intramolecular Hbond substituents is 1. The van der Waals surface area contributed by atoms with Crippen molar-refractivity contribution in [3.63, 3.8) is 0 Å². The van der Waals surface area contributed by atoms with Crippen LogP contribution in [0.3, 0.4) is 0 Å². The minimum absolute atomic E-state index is 0.0585. The van der Waals surface area contributed by atoms with Crippen molar-refractivity contribution in [2.75, 3.05) is 14.2 Å². The van der Waals surface area contributed by atoms with E-state index in [1.165, 1.54) is 18.2 Å². The van der Waals surface area contributed by atoms with E-state index in [1.54, 1.807) is 20.8 Å². The second kappa shape index (κ2) is 8.36. The van der Waals surface area contributed by atoms with Crippen LogP contribution < -0.4 is 4.74 Å². The van der Waals surface area contributed by atoms with Crippen molar-refractivity contribution in [1.29, 1.82) is 0 Å². The Kier molecular flexibility index (Phi) is 6.78. The number of benzene rings is 1. The second-order valence-corrected chi connectivity index (χ2v) is 6.16. The number of rotatable bonds is 5. The van der Waals surface area contributed by atoms with E-state index in [4.69, 9.17) is 9.47 Å². The third-order valence-corrected chi connectivity index (χ3v) is 3.04. The van der Waals surface area contributed by atoms with Gasteiger partial charge in [-0.1, -0.05) is 6.07 Å². The van der Waals surface area contributed by atoms with Crippen molar-refractivity contribution < 1.29 is 38.4 Å². The zero-order chi connectivity index (χ0) is 19.2.